The molecule has 2 unspecified atom stereocenters. The van der Waals surface area contributed by atoms with Crippen molar-refractivity contribution >= 4 is 29.9 Å². The van der Waals surface area contributed by atoms with Crippen LogP contribution in [0.25, 0.3) is 0 Å². The van der Waals surface area contributed by atoms with Gasteiger partial charge in [-0.05, 0) is 31.7 Å². The second-order valence-electron chi connectivity index (χ2n) is 6.52. The van der Waals surface area contributed by atoms with Crippen molar-refractivity contribution in [1.82, 2.24) is 5.32 Å². The molecule has 1 aromatic rings. The Morgan fingerprint density at radius 3 is 2.35 bits per heavy atom. The second kappa shape index (κ2) is 11.7. The minimum absolute atomic E-state index is 0. The predicted octanol–water partition coefficient (Wildman–Crippen LogP) is 3.77. The highest BCUT2D eigenvalue weighted by Gasteiger charge is 2.08. The van der Waals surface area contributed by atoms with Gasteiger partial charge >= 0.3 is 0 Å². The molecule has 0 spiro atoms. The zero-order chi connectivity index (χ0) is 16.5. The van der Waals surface area contributed by atoms with Crippen molar-refractivity contribution in [1.29, 1.82) is 0 Å². The first kappa shape index (κ1) is 22.2. The molecular formula is C18H32IN3O. The number of rotatable bonds is 8. The highest BCUT2D eigenvalue weighted by molar-refractivity contribution is 14.0. The number of aliphatic hydroxyl groups is 1. The van der Waals surface area contributed by atoms with Crippen LogP contribution in [0, 0.1) is 12.8 Å². The van der Waals surface area contributed by atoms with E-state index in [0.717, 1.165) is 17.9 Å². The van der Waals surface area contributed by atoms with Crippen LogP contribution in [-0.2, 0) is 0 Å². The lowest BCUT2D eigenvalue weighted by molar-refractivity contribution is 0.187. The van der Waals surface area contributed by atoms with Gasteiger partial charge in [-0.25, -0.2) is 0 Å². The monoisotopic (exact) mass is 433 g/mol. The van der Waals surface area contributed by atoms with Gasteiger partial charge in [-0.15, -0.1) is 24.0 Å². The second-order valence-corrected chi connectivity index (χ2v) is 6.52. The Kier molecular flexibility index (Phi) is 11.3. The minimum atomic E-state index is -0.614. The SMILES string of the molecule is Cc1ccc(C(O)CN=C(N)NC(C)CCCC(C)C)cc1.I. The van der Waals surface area contributed by atoms with Gasteiger partial charge in [0.15, 0.2) is 5.96 Å². The summed E-state index contributed by atoms with van der Waals surface area (Å²) in [6, 6.07) is 8.13. The predicted molar refractivity (Wildman–Crippen MR) is 109 cm³/mol. The van der Waals surface area contributed by atoms with E-state index in [1.807, 2.05) is 31.2 Å². The van der Waals surface area contributed by atoms with E-state index in [1.165, 1.54) is 18.4 Å². The number of nitrogens with two attached hydrogens (primary N) is 1. The maximum atomic E-state index is 10.1. The van der Waals surface area contributed by atoms with Gasteiger partial charge in [0.25, 0.3) is 0 Å². The molecule has 0 aliphatic carbocycles. The molecule has 132 valence electrons. The number of aliphatic imine (C=N–C) groups is 1. The first-order chi connectivity index (χ1) is 10.4. The van der Waals surface area contributed by atoms with E-state index in [1.54, 1.807) is 0 Å². The Balaban J connectivity index is 0.00000484. The first-order valence-electron chi connectivity index (χ1n) is 8.19. The van der Waals surface area contributed by atoms with Crippen molar-refractivity contribution in [2.45, 2.75) is 59.1 Å². The summed E-state index contributed by atoms with van der Waals surface area (Å²) in [4.78, 5) is 4.24. The van der Waals surface area contributed by atoms with E-state index < -0.39 is 6.10 Å². The molecule has 0 radical (unpaired) electrons. The van der Waals surface area contributed by atoms with Gasteiger partial charge in [0.05, 0.1) is 12.6 Å². The zero-order valence-electron chi connectivity index (χ0n) is 14.7. The van der Waals surface area contributed by atoms with Gasteiger partial charge in [-0.3, -0.25) is 4.99 Å². The molecule has 4 N–H and O–H groups in total. The molecule has 0 amide bonds. The molecule has 0 saturated heterocycles. The van der Waals surface area contributed by atoms with Crippen molar-refractivity contribution in [2.75, 3.05) is 6.54 Å². The van der Waals surface area contributed by atoms with Gasteiger partial charge < -0.3 is 16.2 Å². The van der Waals surface area contributed by atoms with E-state index in [-0.39, 0.29) is 30.5 Å². The molecule has 2 atom stereocenters. The fourth-order valence-corrected chi connectivity index (χ4v) is 2.28. The topological polar surface area (TPSA) is 70.6 Å². The molecule has 4 nitrogen and oxygen atoms in total. The largest absolute Gasteiger partial charge is 0.386 e. The summed E-state index contributed by atoms with van der Waals surface area (Å²) >= 11 is 0. The molecule has 0 fully saturated rings. The molecule has 0 saturated carbocycles. The fourth-order valence-electron chi connectivity index (χ4n) is 2.28. The molecule has 1 aromatic carbocycles. The number of aryl methyl sites for hydroxylation is 1. The third-order valence-corrected chi connectivity index (χ3v) is 3.71. The Morgan fingerprint density at radius 2 is 1.78 bits per heavy atom. The number of benzene rings is 1. The molecule has 0 aliphatic heterocycles. The van der Waals surface area contributed by atoms with E-state index >= 15 is 0 Å². The minimum Gasteiger partial charge on any atom is -0.386 e. The number of hydrogen-bond acceptors (Lipinski definition) is 2. The lowest BCUT2D eigenvalue weighted by Gasteiger charge is -2.15. The van der Waals surface area contributed by atoms with Crippen LogP contribution in [-0.4, -0.2) is 23.7 Å². The van der Waals surface area contributed by atoms with E-state index in [2.05, 4.69) is 31.1 Å². The number of nitrogens with one attached hydrogen (secondary N) is 1. The summed E-state index contributed by atoms with van der Waals surface area (Å²) in [5.41, 5.74) is 7.93. The summed E-state index contributed by atoms with van der Waals surface area (Å²) in [6.45, 7) is 8.89. The maximum Gasteiger partial charge on any atom is 0.188 e. The summed E-state index contributed by atoms with van der Waals surface area (Å²) in [5, 5.41) is 13.3. The Hall–Kier alpha value is -0.820. The molecule has 5 heteroatoms. The first-order valence-corrected chi connectivity index (χ1v) is 8.19. The summed E-state index contributed by atoms with van der Waals surface area (Å²) < 4.78 is 0. The van der Waals surface area contributed by atoms with Gasteiger partial charge in [0.1, 0.15) is 0 Å². The Bertz CT molecular complexity index is 460. The van der Waals surface area contributed by atoms with Crippen molar-refractivity contribution in [2.24, 2.45) is 16.6 Å². The van der Waals surface area contributed by atoms with Crippen LogP contribution in [0.4, 0.5) is 0 Å². The molecule has 0 bridgehead atoms. The third kappa shape index (κ3) is 9.81. The van der Waals surface area contributed by atoms with Crippen molar-refractivity contribution in [3.8, 4) is 0 Å². The van der Waals surface area contributed by atoms with E-state index in [9.17, 15) is 5.11 Å². The number of nitrogens with zero attached hydrogens (tertiary/aromatic N) is 1. The summed E-state index contributed by atoms with van der Waals surface area (Å²) in [7, 11) is 0. The Morgan fingerprint density at radius 1 is 1.17 bits per heavy atom. The highest BCUT2D eigenvalue weighted by Crippen LogP contribution is 2.13. The van der Waals surface area contributed by atoms with Crippen LogP contribution in [0.3, 0.4) is 0 Å². The normalized spacial score (nSPS) is 14.3. The number of aliphatic hydroxyl groups excluding tert-OH is 1. The summed E-state index contributed by atoms with van der Waals surface area (Å²) in [5.74, 6) is 1.14. The standard InChI is InChI=1S/C18H31N3O.HI/c1-13(2)6-5-7-15(4)21-18(19)20-12-17(22)16-10-8-14(3)9-11-16;/h8-11,13,15,17,22H,5-7,12H2,1-4H3,(H3,19,20,21);1H. The number of halogens is 1. The fraction of sp³-hybridized carbons (Fsp3) is 0.611. The van der Waals surface area contributed by atoms with Crippen LogP contribution in [0.5, 0.6) is 0 Å². The molecule has 23 heavy (non-hydrogen) atoms. The van der Waals surface area contributed by atoms with E-state index in [0.29, 0.717) is 12.0 Å². The van der Waals surface area contributed by atoms with Gasteiger partial charge in [0, 0.05) is 6.04 Å². The highest BCUT2D eigenvalue weighted by atomic mass is 127. The van der Waals surface area contributed by atoms with Gasteiger partial charge in [-0.1, -0.05) is 56.5 Å². The van der Waals surface area contributed by atoms with Crippen molar-refractivity contribution < 1.29 is 5.11 Å². The number of guanidine groups is 1. The third-order valence-electron chi connectivity index (χ3n) is 3.71. The van der Waals surface area contributed by atoms with Crippen LogP contribution in [0.2, 0.25) is 0 Å². The summed E-state index contributed by atoms with van der Waals surface area (Å²) in [6.07, 6.45) is 2.88. The molecule has 0 aromatic heterocycles. The van der Waals surface area contributed by atoms with Crippen LogP contribution in [0.15, 0.2) is 29.3 Å². The van der Waals surface area contributed by atoms with Crippen LogP contribution < -0.4 is 11.1 Å². The average molecular weight is 433 g/mol. The molecule has 0 aliphatic rings. The van der Waals surface area contributed by atoms with Gasteiger partial charge in [0.2, 0.25) is 0 Å². The Labute approximate surface area is 158 Å². The quantitative estimate of drug-likeness (QED) is 0.332. The lowest BCUT2D eigenvalue weighted by atomic mass is 10.0. The molecule has 1 rings (SSSR count). The molecule has 0 heterocycles. The zero-order valence-corrected chi connectivity index (χ0v) is 17.1. The van der Waals surface area contributed by atoms with E-state index in [4.69, 9.17) is 5.73 Å². The van der Waals surface area contributed by atoms with Crippen molar-refractivity contribution in [3.05, 3.63) is 35.4 Å². The number of hydrogen-bond donors (Lipinski definition) is 3. The lowest BCUT2D eigenvalue weighted by Crippen LogP contribution is -2.38. The van der Waals surface area contributed by atoms with Crippen LogP contribution in [0.1, 0.15) is 57.3 Å². The average Bonchev–Trinajstić information content (AvgIpc) is 2.45. The molecular weight excluding hydrogens is 401 g/mol. The smallest absolute Gasteiger partial charge is 0.188 e. The van der Waals surface area contributed by atoms with Crippen molar-refractivity contribution in [3.63, 3.8) is 0 Å². The maximum absolute atomic E-state index is 10.1. The van der Waals surface area contributed by atoms with Gasteiger partial charge in [-0.2, -0.15) is 0 Å². The van der Waals surface area contributed by atoms with Crippen LogP contribution >= 0.6 is 24.0 Å².